The van der Waals surface area contributed by atoms with E-state index in [2.05, 4.69) is 20.4 Å². The first-order chi connectivity index (χ1) is 12.5. The molecule has 0 aromatic carbocycles. The number of piperidine rings is 2. The summed E-state index contributed by atoms with van der Waals surface area (Å²) in [4.78, 5) is 50.8. The van der Waals surface area contributed by atoms with Crippen molar-refractivity contribution in [1.29, 1.82) is 0 Å². The lowest BCUT2D eigenvalue weighted by molar-refractivity contribution is -0.128. The Hall–Kier alpha value is -1.80. The quantitative estimate of drug-likeness (QED) is 0.641. The molecule has 4 amide bonds. The lowest BCUT2D eigenvalue weighted by atomic mass is 9.78. The van der Waals surface area contributed by atoms with Gasteiger partial charge in [-0.05, 0) is 63.7 Å². The van der Waals surface area contributed by atoms with Gasteiger partial charge in [0.1, 0.15) is 0 Å². The molecule has 0 aromatic rings. The Kier molecular flexibility index (Phi) is 4.79. The first kappa shape index (κ1) is 17.6. The molecule has 26 heavy (non-hydrogen) atoms. The summed E-state index contributed by atoms with van der Waals surface area (Å²) in [5.41, 5.74) is 0. The number of rotatable bonds is 3. The van der Waals surface area contributed by atoms with E-state index < -0.39 is 0 Å². The molecule has 4 saturated heterocycles. The molecule has 4 fully saturated rings. The van der Waals surface area contributed by atoms with E-state index in [0.717, 1.165) is 51.9 Å². The van der Waals surface area contributed by atoms with Crippen LogP contribution in [0.15, 0.2) is 0 Å². The molecule has 0 radical (unpaired) electrons. The molecule has 142 valence electrons. The largest absolute Gasteiger partial charge is 0.295 e. The number of imide groups is 2. The number of likely N-dealkylation sites (tertiary alicyclic amines) is 2. The van der Waals surface area contributed by atoms with Gasteiger partial charge in [-0.15, -0.1) is 0 Å². The molecule has 8 heteroatoms. The van der Waals surface area contributed by atoms with Gasteiger partial charge in [0, 0.05) is 0 Å². The Morgan fingerprint density at radius 2 is 0.962 bits per heavy atom. The van der Waals surface area contributed by atoms with E-state index in [1.165, 1.54) is 0 Å². The lowest BCUT2D eigenvalue weighted by Crippen LogP contribution is -2.48. The number of hydrogen-bond donors (Lipinski definition) is 2. The first-order valence-corrected chi connectivity index (χ1v) is 9.67. The molecule has 2 N–H and O–H groups in total. The van der Waals surface area contributed by atoms with E-state index in [4.69, 9.17) is 0 Å². The zero-order valence-corrected chi connectivity index (χ0v) is 14.9. The van der Waals surface area contributed by atoms with Crippen molar-refractivity contribution in [2.24, 2.45) is 11.8 Å². The molecule has 4 aliphatic rings. The topological polar surface area (TPSA) is 98.8 Å². The highest BCUT2D eigenvalue weighted by atomic mass is 16.2. The smallest absolute Gasteiger partial charge is 0.244 e. The van der Waals surface area contributed by atoms with E-state index in [-0.39, 0.29) is 35.7 Å². The summed E-state index contributed by atoms with van der Waals surface area (Å²) in [6.07, 6.45) is 4.83. The van der Waals surface area contributed by atoms with Gasteiger partial charge in [-0.25, -0.2) is 0 Å². The third-order valence-electron chi connectivity index (χ3n) is 6.58. The predicted molar refractivity (Wildman–Crippen MR) is 91.7 cm³/mol. The highest BCUT2D eigenvalue weighted by Crippen LogP contribution is 2.34. The van der Waals surface area contributed by atoms with Crippen molar-refractivity contribution in [3.05, 3.63) is 0 Å². The number of amides is 4. The Labute approximate surface area is 152 Å². The molecule has 2 atom stereocenters. The Balaban J connectivity index is 1.25. The lowest BCUT2D eigenvalue weighted by Gasteiger charge is -2.42. The van der Waals surface area contributed by atoms with Gasteiger partial charge in [0.15, 0.2) is 0 Å². The predicted octanol–water partition coefficient (Wildman–Crippen LogP) is -0.759. The number of nitrogens with one attached hydrogen (secondary N) is 2. The van der Waals surface area contributed by atoms with Crippen molar-refractivity contribution < 1.29 is 19.2 Å². The first-order valence-electron chi connectivity index (χ1n) is 9.67. The van der Waals surface area contributed by atoms with E-state index in [1.807, 2.05) is 0 Å². The average Bonchev–Trinajstić information content (AvgIpc) is 3.15. The van der Waals surface area contributed by atoms with Crippen LogP contribution in [-0.4, -0.2) is 71.7 Å². The minimum atomic E-state index is -0.274. The molecule has 0 unspecified atom stereocenters. The van der Waals surface area contributed by atoms with E-state index in [9.17, 15) is 19.2 Å². The SMILES string of the molecule is O=C1C[C@H](N2CCC(C3CCN([C@H]4CC(=O)NC4=O)CC3)CC2)C(=O)N1. The molecule has 0 saturated carbocycles. The van der Waals surface area contributed by atoms with Crippen LogP contribution in [0.5, 0.6) is 0 Å². The van der Waals surface area contributed by atoms with Gasteiger partial charge < -0.3 is 0 Å². The van der Waals surface area contributed by atoms with Crippen LogP contribution >= 0.6 is 0 Å². The standard InChI is InChI=1S/C18H26N4O4/c23-15-9-13(17(25)19-15)21-5-1-11(2-6-21)12-3-7-22(8-4-12)14-10-16(24)20-18(14)26/h11-14H,1-10H2,(H,19,23,25)(H,20,24,26)/t13-,14-/m0/s1. The molecule has 4 heterocycles. The Morgan fingerprint density at radius 3 is 1.23 bits per heavy atom. The fourth-order valence-electron chi connectivity index (χ4n) is 5.07. The Bertz CT molecular complexity index is 567. The molecule has 0 aromatic heterocycles. The van der Waals surface area contributed by atoms with Crippen LogP contribution in [0.4, 0.5) is 0 Å². The van der Waals surface area contributed by atoms with Gasteiger partial charge in [-0.2, -0.15) is 0 Å². The van der Waals surface area contributed by atoms with E-state index in [1.54, 1.807) is 0 Å². The minimum absolute atomic E-state index is 0.147. The third kappa shape index (κ3) is 3.40. The Morgan fingerprint density at radius 1 is 0.615 bits per heavy atom. The maximum Gasteiger partial charge on any atom is 0.244 e. The fourth-order valence-corrected chi connectivity index (χ4v) is 5.07. The monoisotopic (exact) mass is 362 g/mol. The zero-order valence-electron chi connectivity index (χ0n) is 14.9. The molecule has 8 nitrogen and oxygen atoms in total. The average molecular weight is 362 g/mol. The van der Waals surface area contributed by atoms with Crippen LogP contribution in [0.25, 0.3) is 0 Å². The fraction of sp³-hybridized carbons (Fsp3) is 0.778. The molecule has 0 aliphatic carbocycles. The van der Waals surface area contributed by atoms with Crippen LogP contribution < -0.4 is 10.6 Å². The second-order valence-corrected chi connectivity index (χ2v) is 8.01. The van der Waals surface area contributed by atoms with E-state index in [0.29, 0.717) is 24.7 Å². The van der Waals surface area contributed by atoms with Gasteiger partial charge >= 0.3 is 0 Å². The maximum absolute atomic E-state index is 11.8. The zero-order chi connectivity index (χ0) is 18.3. The van der Waals surface area contributed by atoms with Crippen molar-refractivity contribution in [2.75, 3.05) is 26.2 Å². The van der Waals surface area contributed by atoms with Crippen LogP contribution in [0.3, 0.4) is 0 Å². The van der Waals surface area contributed by atoms with Gasteiger partial charge in [0.05, 0.1) is 24.9 Å². The number of carbonyl (C=O) groups excluding carboxylic acids is 4. The molecule has 4 aliphatic heterocycles. The molecule has 4 rings (SSSR count). The van der Waals surface area contributed by atoms with E-state index >= 15 is 0 Å². The molecule has 0 spiro atoms. The molecule has 0 bridgehead atoms. The summed E-state index contributed by atoms with van der Waals surface area (Å²) in [7, 11) is 0. The van der Waals surface area contributed by atoms with Crippen LogP contribution in [0.2, 0.25) is 0 Å². The maximum atomic E-state index is 11.8. The normalized spacial score (nSPS) is 32.9. The highest BCUT2D eigenvalue weighted by molar-refractivity contribution is 6.06. The van der Waals surface area contributed by atoms with Crippen LogP contribution in [0, 0.1) is 11.8 Å². The second kappa shape index (κ2) is 7.08. The van der Waals surface area contributed by atoms with Crippen molar-refractivity contribution in [3.63, 3.8) is 0 Å². The summed E-state index contributed by atoms with van der Waals surface area (Å²) in [6.45, 7) is 3.48. The van der Waals surface area contributed by atoms with Gasteiger partial charge in [0.25, 0.3) is 0 Å². The summed E-state index contributed by atoms with van der Waals surface area (Å²) in [5.74, 6) is 0.672. The second-order valence-electron chi connectivity index (χ2n) is 8.01. The number of hydrogen-bond acceptors (Lipinski definition) is 6. The number of nitrogens with zero attached hydrogens (tertiary/aromatic N) is 2. The summed E-state index contributed by atoms with van der Waals surface area (Å²) < 4.78 is 0. The van der Waals surface area contributed by atoms with Crippen LogP contribution in [-0.2, 0) is 19.2 Å². The number of carbonyl (C=O) groups is 4. The highest BCUT2D eigenvalue weighted by Gasteiger charge is 2.40. The van der Waals surface area contributed by atoms with Crippen molar-refractivity contribution >= 4 is 23.6 Å². The summed E-state index contributed by atoms with van der Waals surface area (Å²) in [6, 6.07) is -0.549. The summed E-state index contributed by atoms with van der Waals surface area (Å²) in [5, 5.41) is 4.79. The van der Waals surface area contributed by atoms with Crippen molar-refractivity contribution in [1.82, 2.24) is 20.4 Å². The van der Waals surface area contributed by atoms with Crippen LogP contribution in [0.1, 0.15) is 38.5 Å². The minimum Gasteiger partial charge on any atom is -0.295 e. The molecular weight excluding hydrogens is 336 g/mol. The third-order valence-corrected chi connectivity index (χ3v) is 6.58. The van der Waals surface area contributed by atoms with Crippen molar-refractivity contribution in [2.45, 2.75) is 50.6 Å². The van der Waals surface area contributed by atoms with Gasteiger partial charge in [-0.1, -0.05) is 0 Å². The molecular formula is C18H26N4O4. The summed E-state index contributed by atoms with van der Waals surface area (Å²) >= 11 is 0. The van der Waals surface area contributed by atoms with Crippen molar-refractivity contribution in [3.8, 4) is 0 Å². The van der Waals surface area contributed by atoms with Gasteiger partial charge in [-0.3, -0.25) is 39.6 Å². The van der Waals surface area contributed by atoms with Gasteiger partial charge in [0.2, 0.25) is 23.6 Å².